The molecule has 0 amide bonds. The first-order chi connectivity index (χ1) is 7.50. The van der Waals surface area contributed by atoms with Crippen LogP contribution in [0, 0.1) is 11.6 Å². The molecule has 93 valence electrons. The average molecular weight is 308 g/mol. The first-order valence-electron chi connectivity index (χ1n) is 3.80. The molecule has 0 atom stereocenters. The van der Waals surface area contributed by atoms with E-state index in [1.807, 2.05) is 0 Å². The Labute approximate surface area is 104 Å². The zero-order valence-corrected chi connectivity index (χ0v) is 10.1. The molecule has 2 N–H and O–H groups in total. The van der Waals surface area contributed by atoms with Crippen molar-refractivity contribution < 1.29 is 50.8 Å². The number of benzene rings is 1. The standard InChI is InChI=1S/C7H3F5NO2S.Ti/c8-3-1-4(9)6(5(13)2-3)16(14,15)7(10,11)12;/h2H,13H2;. The van der Waals surface area contributed by atoms with Gasteiger partial charge in [-0.1, -0.05) is 0 Å². The molecule has 0 fully saturated rings. The Morgan fingerprint density at radius 1 is 1.24 bits per heavy atom. The second-order valence-corrected chi connectivity index (χ2v) is 5.57. The molecule has 1 aromatic carbocycles. The Bertz CT molecular complexity index is 569. The molecule has 0 radical (unpaired) electrons. The summed E-state index contributed by atoms with van der Waals surface area (Å²) >= 11 is 0.805. The minimum atomic E-state index is -5.94. The van der Waals surface area contributed by atoms with Crippen LogP contribution < -0.4 is 9.60 Å². The van der Waals surface area contributed by atoms with E-state index in [-0.39, 0.29) is 0 Å². The Kier molecular flexibility index (Phi) is 3.57. The van der Waals surface area contributed by atoms with Gasteiger partial charge in [-0.15, -0.1) is 0 Å². The summed E-state index contributed by atoms with van der Waals surface area (Å²) in [5.41, 5.74) is -1.91. The van der Waals surface area contributed by atoms with Gasteiger partial charge in [0.2, 0.25) is 0 Å². The third-order valence-electron chi connectivity index (χ3n) is 1.78. The van der Waals surface area contributed by atoms with E-state index in [1.165, 1.54) is 0 Å². The van der Waals surface area contributed by atoms with E-state index in [0.29, 0.717) is 6.07 Å². The number of rotatable bonds is 1. The van der Waals surface area contributed by atoms with Crippen LogP contribution in [0.3, 0.4) is 0 Å². The van der Waals surface area contributed by atoms with Gasteiger partial charge in [0.1, 0.15) is 0 Å². The predicted molar refractivity (Wildman–Crippen MR) is 43.6 cm³/mol. The normalized spacial score (nSPS) is 12.7. The van der Waals surface area contributed by atoms with E-state index in [2.05, 4.69) is 0 Å². The van der Waals surface area contributed by atoms with Crippen molar-refractivity contribution in [2.24, 2.45) is 0 Å². The third kappa shape index (κ3) is 2.31. The van der Waals surface area contributed by atoms with Crippen molar-refractivity contribution in [3.63, 3.8) is 0 Å². The molecule has 1 rings (SSSR count). The van der Waals surface area contributed by atoms with E-state index in [9.17, 15) is 30.4 Å². The van der Waals surface area contributed by atoms with Crippen LogP contribution in [0.25, 0.3) is 0 Å². The second-order valence-electron chi connectivity index (χ2n) is 2.91. The van der Waals surface area contributed by atoms with E-state index < -0.39 is 41.4 Å². The number of hydrogen-bond donors (Lipinski definition) is 1. The molecule has 0 saturated carbocycles. The molecular weight excluding hydrogens is 305 g/mol. The van der Waals surface area contributed by atoms with Crippen LogP contribution in [0.5, 0.6) is 0 Å². The molecule has 0 aliphatic rings. The quantitative estimate of drug-likeness (QED) is 0.365. The van der Waals surface area contributed by atoms with Crippen LogP contribution >= 0.6 is 0 Å². The second kappa shape index (κ2) is 4.22. The SMILES string of the molecule is Nc1cc(F)[c]([Ti])c(F)c1S(=O)(=O)C(F)(F)F. The van der Waals surface area contributed by atoms with E-state index >= 15 is 0 Å². The van der Waals surface area contributed by atoms with Crippen molar-refractivity contribution in [3.8, 4) is 0 Å². The third-order valence-corrected chi connectivity index (χ3v) is 4.05. The first-order valence-corrected chi connectivity index (χ1v) is 6.07. The molecule has 0 aromatic heterocycles. The van der Waals surface area contributed by atoms with Crippen molar-refractivity contribution in [2.45, 2.75) is 10.4 Å². The van der Waals surface area contributed by atoms with Gasteiger partial charge >= 0.3 is 104 Å². The predicted octanol–water partition coefficient (Wildman–Crippen LogP) is 1.01. The summed E-state index contributed by atoms with van der Waals surface area (Å²) in [5, 5.41) is 0. The van der Waals surface area contributed by atoms with Crippen LogP contribution in [0.15, 0.2) is 11.0 Å². The zero-order valence-electron chi connectivity index (χ0n) is 7.77. The van der Waals surface area contributed by atoms with Gasteiger partial charge in [0, 0.05) is 0 Å². The van der Waals surface area contributed by atoms with Gasteiger partial charge in [0.05, 0.1) is 0 Å². The van der Waals surface area contributed by atoms with Crippen molar-refractivity contribution in [1.29, 1.82) is 0 Å². The Morgan fingerprint density at radius 3 is 2.12 bits per heavy atom. The molecule has 0 unspecified atom stereocenters. The average Bonchev–Trinajstić information content (AvgIpc) is 2.12. The summed E-state index contributed by atoms with van der Waals surface area (Å²) < 4.78 is 84.0. The number of halogens is 5. The number of sulfone groups is 1. The van der Waals surface area contributed by atoms with Crippen LogP contribution in [0.4, 0.5) is 27.6 Å². The van der Waals surface area contributed by atoms with Gasteiger partial charge in [-0.3, -0.25) is 0 Å². The number of nitrogens with two attached hydrogens (primary N) is 1. The summed E-state index contributed by atoms with van der Waals surface area (Å²) in [6, 6.07) is 0.330. The number of anilines is 1. The molecule has 3 nitrogen and oxygen atoms in total. The van der Waals surface area contributed by atoms with Crippen LogP contribution in [-0.2, 0) is 30.3 Å². The number of hydrogen-bond acceptors (Lipinski definition) is 3. The number of nitrogen functional groups attached to an aromatic ring is 1. The minimum absolute atomic E-state index is 0.330. The topological polar surface area (TPSA) is 60.2 Å². The molecule has 1 aromatic rings. The summed E-state index contributed by atoms with van der Waals surface area (Å²) in [6.45, 7) is 0. The molecule has 0 bridgehead atoms. The Morgan fingerprint density at radius 2 is 1.71 bits per heavy atom. The molecule has 0 aliphatic heterocycles. The van der Waals surface area contributed by atoms with Gasteiger partial charge < -0.3 is 0 Å². The van der Waals surface area contributed by atoms with Gasteiger partial charge in [0.15, 0.2) is 0 Å². The first kappa shape index (κ1) is 14.4. The molecule has 0 spiro atoms. The molecule has 17 heavy (non-hydrogen) atoms. The van der Waals surface area contributed by atoms with Crippen LogP contribution in [0.2, 0.25) is 0 Å². The molecule has 0 heterocycles. The fourth-order valence-corrected chi connectivity index (χ4v) is 2.40. The van der Waals surface area contributed by atoms with Crippen LogP contribution in [-0.4, -0.2) is 13.9 Å². The summed E-state index contributed by atoms with van der Waals surface area (Å²) in [5.74, 6) is -3.05. The van der Waals surface area contributed by atoms with Gasteiger partial charge in [-0.05, 0) is 0 Å². The van der Waals surface area contributed by atoms with Crippen molar-refractivity contribution >= 4 is 19.4 Å². The Balaban J connectivity index is 3.71. The molecule has 0 saturated heterocycles. The molecular formula is C7H3F5NO2STi. The van der Waals surface area contributed by atoms with E-state index in [1.54, 1.807) is 0 Å². The van der Waals surface area contributed by atoms with E-state index in [0.717, 1.165) is 20.4 Å². The number of alkyl halides is 3. The molecule has 10 heteroatoms. The maximum absolute atomic E-state index is 13.4. The van der Waals surface area contributed by atoms with Gasteiger partial charge in [-0.25, -0.2) is 0 Å². The Hall–Kier alpha value is -0.666. The monoisotopic (exact) mass is 308 g/mol. The van der Waals surface area contributed by atoms with E-state index in [4.69, 9.17) is 5.73 Å². The van der Waals surface area contributed by atoms with Gasteiger partial charge in [0.25, 0.3) is 0 Å². The van der Waals surface area contributed by atoms with Crippen molar-refractivity contribution in [3.05, 3.63) is 17.7 Å². The summed E-state index contributed by atoms with van der Waals surface area (Å²) in [4.78, 5) is -1.75. The van der Waals surface area contributed by atoms with Crippen molar-refractivity contribution in [2.75, 3.05) is 5.73 Å². The van der Waals surface area contributed by atoms with Crippen LogP contribution in [0.1, 0.15) is 0 Å². The fourth-order valence-electron chi connectivity index (χ4n) is 1.01. The van der Waals surface area contributed by atoms with Gasteiger partial charge in [-0.2, -0.15) is 0 Å². The molecule has 0 aliphatic carbocycles. The van der Waals surface area contributed by atoms with Crippen molar-refractivity contribution in [1.82, 2.24) is 0 Å². The summed E-state index contributed by atoms with van der Waals surface area (Å²) in [7, 11) is -5.94. The summed E-state index contributed by atoms with van der Waals surface area (Å²) in [6.07, 6.45) is 0. The zero-order chi connectivity index (χ0) is 13.6. The fraction of sp³-hybridized carbons (Fsp3) is 0.143. The maximum atomic E-state index is 13.4.